The number of pyridine rings is 1. The van der Waals surface area contributed by atoms with Gasteiger partial charge in [0.2, 0.25) is 5.91 Å². The van der Waals surface area contributed by atoms with Crippen LogP contribution in [0, 0.1) is 0 Å². The lowest BCUT2D eigenvalue weighted by atomic mass is 9.98. The second-order valence-corrected chi connectivity index (χ2v) is 8.58. The van der Waals surface area contributed by atoms with Crippen LogP contribution in [0.2, 0.25) is 5.15 Å². The zero-order valence-corrected chi connectivity index (χ0v) is 20.9. The minimum atomic E-state index is -0.953. The van der Waals surface area contributed by atoms with Gasteiger partial charge in [-0.05, 0) is 36.8 Å². The number of benzene rings is 2. The number of carboxylic acids is 1. The average Bonchev–Trinajstić information content (AvgIpc) is 3.32. The Labute approximate surface area is 213 Å². The van der Waals surface area contributed by atoms with Gasteiger partial charge >= 0.3 is 5.97 Å². The van der Waals surface area contributed by atoms with Crippen molar-refractivity contribution >= 4 is 40.1 Å². The number of amides is 1. The number of carboxylic acid groups (broad SMARTS) is 1. The Morgan fingerprint density at radius 3 is 2.47 bits per heavy atom. The predicted molar refractivity (Wildman–Crippen MR) is 135 cm³/mol. The Hall–Kier alpha value is -3.85. The minimum absolute atomic E-state index is 0.0396. The Bertz CT molecular complexity index is 1340. The Morgan fingerprint density at radius 2 is 1.78 bits per heavy atom. The van der Waals surface area contributed by atoms with Gasteiger partial charge in [0.1, 0.15) is 16.4 Å². The molecule has 1 atom stereocenters. The van der Waals surface area contributed by atoms with E-state index < -0.39 is 12.0 Å². The van der Waals surface area contributed by atoms with Crippen LogP contribution >= 0.6 is 11.6 Å². The maximum Gasteiger partial charge on any atom is 0.303 e. The van der Waals surface area contributed by atoms with E-state index in [9.17, 15) is 9.59 Å². The third kappa shape index (κ3) is 5.06. The lowest BCUT2D eigenvalue weighted by molar-refractivity contribution is -0.137. The number of aromatic nitrogens is 1. The van der Waals surface area contributed by atoms with Crippen molar-refractivity contribution in [3.05, 3.63) is 58.7 Å². The monoisotopic (exact) mass is 511 g/mol. The van der Waals surface area contributed by atoms with Gasteiger partial charge in [-0.25, -0.2) is 9.99 Å². The number of aliphatic carboxylic acids is 1. The summed E-state index contributed by atoms with van der Waals surface area (Å²) in [5.74, 6) is 0.465. The van der Waals surface area contributed by atoms with Crippen LogP contribution in [-0.2, 0) is 9.59 Å². The van der Waals surface area contributed by atoms with Crippen LogP contribution < -0.4 is 14.2 Å². The maximum atomic E-state index is 13.2. The zero-order chi connectivity index (χ0) is 25.8. The summed E-state index contributed by atoms with van der Waals surface area (Å²) in [6.45, 7) is 0. The molecule has 2 heterocycles. The highest BCUT2D eigenvalue weighted by atomic mass is 35.5. The van der Waals surface area contributed by atoms with E-state index in [1.54, 1.807) is 39.5 Å². The standard InChI is InChI=1S/C26H26ClN3O6/c1-34-20-11-10-15(13-22(20)36-3)18-14-19(30(29-18)23(31)8-5-9-24(32)33)17-12-16-6-4-7-21(35-2)25(16)28-26(17)27/h4,6-7,10-13,19H,5,8-9,14H2,1-3H3,(H,32,33)/t19-/m0/s1. The first kappa shape index (κ1) is 25.2. The van der Waals surface area contributed by atoms with Crippen LogP contribution in [0.3, 0.4) is 0 Å². The molecule has 0 saturated heterocycles. The molecular weight excluding hydrogens is 486 g/mol. The van der Waals surface area contributed by atoms with E-state index in [2.05, 4.69) is 10.1 Å². The summed E-state index contributed by atoms with van der Waals surface area (Å²) < 4.78 is 16.2. The van der Waals surface area contributed by atoms with Gasteiger partial charge in [-0.15, -0.1) is 0 Å². The number of rotatable bonds is 9. The lowest BCUT2D eigenvalue weighted by Gasteiger charge is -2.23. The summed E-state index contributed by atoms with van der Waals surface area (Å²) in [6, 6.07) is 12.4. The molecule has 0 unspecified atom stereocenters. The quantitative estimate of drug-likeness (QED) is 0.409. The molecular formula is C26H26ClN3O6. The molecule has 9 nitrogen and oxygen atoms in total. The summed E-state index contributed by atoms with van der Waals surface area (Å²) >= 11 is 6.64. The molecule has 0 radical (unpaired) electrons. The van der Waals surface area contributed by atoms with Gasteiger partial charge in [-0.3, -0.25) is 9.59 Å². The molecule has 0 fully saturated rings. The van der Waals surface area contributed by atoms with Gasteiger partial charge in [0.05, 0.1) is 33.1 Å². The molecule has 2 aromatic carbocycles. The van der Waals surface area contributed by atoms with Crippen molar-refractivity contribution in [1.82, 2.24) is 9.99 Å². The number of hydrazone groups is 1. The summed E-state index contributed by atoms with van der Waals surface area (Å²) in [6.07, 6.45) is 0.531. The van der Waals surface area contributed by atoms with Crippen molar-refractivity contribution in [3.8, 4) is 17.2 Å². The number of halogens is 1. The van der Waals surface area contributed by atoms with Gasteiger partial charge in [-0.1, -0.05) is 23.7 Å². The Morgan fingerprint density at radius 1 is 1.03 bits per heavy atom. The maximum absolute atomic E-state index is 13.2. The molecule has 1 amide bonds. The number of hydrogen-bond donors (Lipinski definition) is 1. The van der Waals surface area contributed by atoms with Gasteiger partial charge in [0.15, 0.2) is 11.5 Å². The van der Waals surface area contributed by atoms with E-state index in [1.165, 1.54) is 5.01 Å². The van der Waals surface area contributed by atoms with Crippen molar-refractivity contribution in [1.29, 1.82) is 0 Å². The normalized spacial score (nSPS) is 15.1. The van der Waals surface area contributed by atoms with Crippen molar-refractivity contribution in [3.63, 3.8) is 0 Å². The van der Waals surface area contributed by atoms with E-state index in [4.69, 9.17) is 30.9 Å². The summed E-state index contributed by atoms with van der Waals surface area (Å²) in [4.78, 5) is 28.7. The zero-order valence-electron chi connectivity index (χ0n) is 20.2. The van der Waals surface area contributed by atoms with Crippen LogP contribution in [0.15, 0.2) is 47.6 Å². The number of hydrogen-bond acceptors (Lipinski definition) is 7. The van der Waals surface area contributed by atoms with Gasteiger partial charge in [0.25, 0.3) is 0 Å². The van der Waals surface area contributed by atoms with Crippen LogP contribution in [0.1, 0.15) is 42.9 Å². The number of carbonyl (C=O) groups excluding carboxylic acids is 1. The van der Waals surface area contributed by atoms with E-state index in [-0.39, 0.29) is 30.3 Å². The fourth-order valence-corrected chi connectivity index (χ4v) is 4.51. The molecule has 1 N–H and O–H groups in total. The molecule has 4 rings (SSSR count). The highest BCUT2D eigenvalue weighted by Crippen LogP contribution is 2.39. The van der Waals surface area contributed by atoms with Gasteiger partial charge < -0.3 is 19.3 Å². The smallest absolute Gasteiger partial charge is 0.303 e. The van der Waals surface area contributed by atoms with E-state index in [0.29, 0.717) is 40.5 Å². The second-order valence-electron chi connectivity index (χ2n) is 8.22. The first-order chi connectivity index (χ1) is 17.4. The minimum Gasteiger partial charge on any atom is -0.494 e. The highest BCUT2D eigenvalue weighted by molar-refractivity contribution is 6.30. The number of ether oxygens (including phenoxy) is 3. The molecule has 1 aliphatic heterocycles. The largest absolute Gasteiger partial charge is 0.494 e. The molecule has 36 heavy (non-hydrogen) atoms. The van der Waals surface area contributed by atoms with Crippen molar-refractivity contribution in [2.45, 2.75) is 31.7 Å². The number of para-hydroxylation sites is 1. The third-order valence-electron chi connectivity index (χ3n) is 6.03. The number of fused-ring (bicyclic) bond motifs is 1. The van der Waals surface area contributed by atoms with Crippen molar-refractivity contribution in [2.24, 2.45) is 5.10 Å². The van der Waals surface area contributed by atoms with Gasteiger partial charge in [-0.2, -0.15) is 5.10 Å². The molecule has 0 saturated carbocycles. The topological polar surface area (TPSA) is 111 Å². The molecule has 0 bridgehead atoms. The summed E-state index contributed by atoms with van der Waals surface area (Å²) in [5.41, 5.74) is 2.69. The number of nitrogens with zero attached hydrogens (tertiary/aromatic N) is 3. The Kier molecular flexibility index (Phi) is 7.59. The van der Waals surface area contributed by atoms with Crippen LogP contribution in [0.5, 0.6) is 17.2 Å². The second kappa shape index (κ2) is 10.8. The van der Waals surface area contributed by atoms with Gasteiger partial charge in [0, 0.05) is 35.8 Å². The summed E-state index contributed by atoms with van der Waals surface area (Å²) in [5, 5.41) is 16.1. The SMILES string of the molecule is COc1ccc(C2=NN(C(=O)CCCC(=O)O)[C@H](c3cc4cccc(OC)c4nc3Cl)C2)cc1OC. The third-order valence-corrected chi connectivity index (χ3v) is 6.33. The molecule has 3 aromatic rings. The number of carbonyl (C=O) groups is 2. The fourth-order valence-electron chi connectivity index (χ4n) is 4.24. The molecule has 0 aliphatic carbocycles. The molecule has 10 heteroatoms. The lowest BCUT2D eigenvalue weighted by Crippen LogP contribution is -2.27. The molecule has 188 valence electrons. The predicted octanol–water partition coefficient (Wildman–Crippen LogP) is 4.85. The fraction of sp³-hybridized carbons (Fsp3) is 0.308. The number of methoxy groups -OCH3 is 3. The van der Waals surface area contributed by atoms with E-state index in [0.717, 1.165) is 10.9 Å². The van der Waals surface area contributed by atoms with Crippen molar-refractivity contribution in [2.75, 3.05) is 21.3 Å². The Balaban J connectivity index is 1.74. The van der Waals surface area contributed by atoms with Crippen molar-refractivity contribution < 1.29 is 28.9 Å². The van der Waals surface area contributed by atoms with E-state index >= 15 is 0 Å². The van der Waals surface area contributed by atoms with Crippen LogP contribution in [0.25, 0.3) is 10.9 Å². The first-order valence-corrected chi connectivity index (χ1v) is 11.7. The molecule has 1 aromatic heterocycles. The van der Waals surface area contributed by atoms with E-state index in [1.807, 2.05) is 24.3 Å². The van der Waals surface area contributed by atoms with Crippen LogP contribution in [-0.4, -0.2) is 54.0 Å². The van der Waals surface area contributed by atoms with Crippen LogP contribution in [0.4, 0.5) is 0 Å². The molecule has 0 spiro atoms. The summed E-state index contributed by atoms with van der Waals surface area (Å²) in [7, 11) is 4.67. The molecule has 1 aliphatic rings. The highest BCUT2D eigenvalue weighted by Gasteiger charge is 2.35. The first-order valence-electron chi connectivity index (χ1n) is 11.3. The average molecular weight is 512 g/mol.